The molecule has 0 aliphatic carbocycles. The Bertz CT molecular complexity index is 675. The zero-order valence-corrected chi connectivity index (χ0v) is 15.1. The van der Waals surface area contributed by atoms with Crippen LogP contribution in [0.5, 0.6) is 0 Å². The Balaban J connectivity index is 1.45. The number of para-hydroxylation sites is 1. The first-order chi connectivity index (χ1) is 12.3. The van der Waals surface area contributed by atoms with Crippen LogP contribution in [-0.2, 0) is 17.6 Å². The Morgan fingerprint density at radius 2 is 1.72 bits per heavy atom. The molecule has 2 aromatic carbocycles. The number of hydrogen-bond donors (Lipinski definition) is 1. The van der Waals surface area contributed by atoms with Gasteiger partial charge in [-0.05, 0) is 48.8 Å². The number of likely N-dealkylation sites (tertiary alicyclic amines) is 1. The van der Waals surface area contributed by atoms with Crippen molar-refractivity contribution in [2.45, 2.75) is 32.6 Å². The van der Waals surface area contributed by atoms with Gasteiger partial charge in [-0.2, -0.15) is 0 Å². The van der Waals surface area contributed by atoms with Gasteiger partial charge < -0.3 is 10.2 Å². The summed E-state index contributed by atoms with van der Waals surface area (Å²) in [6, 6.07) is 18.9. The number of nitrogens with zero attached hydrogens (tertiary/aromatic N) is 1. The van der Waals surface area contributed by atoms with Gasteiger partial charge in [0.15, 0.2) is 0 Å². The van der Waals surface area contributed by atoms with E-state index < -0.39 is 0 Å². The van der Waals surface area contributed by atoms with E-state index in [4.69, 9.17) is 0 Å². The number of nitrogens with one attached hydrogen (secondary N) is 1. The van der Waals surface area contributed by atoms with Gasteiger partial charge in [0.1, 0.15) is 0 Å². The highest BCUT2D eigenvalue weighted by Gasteiger charge is 2.22. The molecule has 3 rings (SSSR count). The van der Waals surface area contributed by atoms with Crippen LogP contribution in [0, 0.1) is 5.92 Å². The molecular formula is C22H28N2O. The fourth-order valence-corrected chi connectivity index (χ4v) is 3.62. The minimum atomic E-state index is 0.212. The largest absolute Gasteiger partial charge is 0.376 e. The fourth-order valence-electron chi connectivity index (χ4n) is 3.62. The van der Waals surface area contributed by atoms with Crippen molar-refractivity contribution in [3.05, 3.63) is 65.7 Å². The lowest BCUT2D eigenvalue weighted by Crippen LogP contribution is -2.41. The monoisotopic (exact) mass is 336 g/mol. The van der Waals surface area contributed by atoms with E-state index in [2.05, 4.69) is 54.7 Å². The summed E-state index contributed by atoms with van der Waals surface area (Å²) in [5, 5.41) is 3.32. The molecule has 0 bridgehead atoms. The molecule has 1 amide bonds. The molecule has 1 fully saturated rings. The molecule has 1 N–H and O–H groups in total. The highest BCUT2D eigenvalue weighted by Crippen LogP contribution is 2.22. The zero-order chi connectivity index (χ0) is 17.5. The first-order valence-electron chi connectivity index (χ1n) is 9.39. The number of amides is 1. The third-order valence-corrected chi connectivity index (χ3v) is 5.16. The van der Waals surface area contributed by atoms with Crippen molar-refractivity contribution in [1.29, 1.82) is 0 Å². The van der Waals surface area contributed by atoms with Gasteiger partial charge in [0.05, 0.1) is 6.54 Å². The predicted molar refractivity (Wildman–Crippen MR) is 104 cm³/mol. The highest BCUT2D eigenvalue weighted by atomic mass is 16.2. The number of hydrogen-bond acceptors (Lipinski definition) is 2. The van der Waals surface area contributed by atoms with Crippen LogP contribution in [0.2, 0.25) is 0 Å². The van der Waals surface area contributed by atoms with Crippen molar-refractivity contribution in [2.75, 3.05) is 25.0 Å². The van der Waals surface area contributed by atoms with E-state index in [1.54, 1.807) is 0 Å². The van der Waals surface area contributed by atoms with Gasteiger partial charge in [-0.1, -0.05) is 55.5 Å². The fraction of sp³-hybridized carbons (Fsp3) is 0.409. The van der Waals surface area contributed by atoms with Gasteiger partial charge >= 0.3 is 0 Å². The lowest BCUT2D eigenvalue weighted by atomic mass is 9.90. The normalized spacial score (nSPS) is 15.2. The molecule has 0 radical (unpaired) electrons. The summed E-state index contributed by atoms with van der Waals surface area (Å²) in [6.07, 6.45) is 4.31. The molecule has 3 heteroatoms. The second-order valence-electron chi connectivity index (χ2n) is 6.88. The Morgan fingerprint density at radius 1 is 1.04 bits per heavy atom. The Morgan fingerprint density at radius 3 is 2.44 bits per heavy atom. The van der Waals surface area contributed by atoms with Crippen LogP contribution in [0.3, 0.4) is 0 Å². The van der Waals surface area contributed by atoms with Gasteiger partial charge in [0.2, 0.25) is 5.91 Å². The van der Waals surface area contributed by atoms with Crippen LogP contribution in [0.4, 0.5) is 5.69 Å². The maximum atomic E-state index is 12.5. The smallest absolute Gasteiger partial charge is 0.241 e. The van der Waals surface area contributed by atoms with Gasteiger partial charge in [-0.25, -0.2) is 0 Å². The van der Waals surface area contributed by atoms with E-state index in [9.17, 15) is 4.79 Å². The minimum Gasteiger partial charge on any atom is -0.376 e. The summed E-state index contributed by atoms with van der Waals surface area (Å²) in [5.41, 5.74) is 3.75. The van der Waals surface area contributed by atoms with Crippen LogP contribution in [0.25, 0.3) is 0 Å². The van der Waals surface area contributed by atoms with Gasteiger partial charge in [0.25, 0.3) is 0 Å². The molecule has 1 heterocycles. The number of aryl methyl sites for hydroxylation is 1. The van der Waals surface area contributed by atoms with E-state index >= 15 is 0 Å². The third-order valence-electron chi connectivity index (χ3n) is 5.16. The van der Waals surface area contributed by atoms with Crippen molar-refractivity contribution in [3.63, 3.8) is 0 Å². The number of carbonyl (C=O) groups is 1. The van der Waals surface area contributed by atoms with Crippen LogP contribution in [0.1, 0.15) is 30.9 Å². The van der Waals surface area contributed by atoms with Crippen LogP contribution >= 0.6 is 0 Å². The Hall–Kier alpha value is -2.29. The zero-order valence-electron chi connectivity index (χ0n) is 15.1. The first-order valence-corrected chi connectivity index (χ1v) is 9.39. The number of carbonyl (C=O) groups excluding carboxylic acids is 1. The molecule has 0 unspecified atom stereocenters. The lowest BCUT2D eigenvalue weighted by molar-refractivity contribution is -0.130. The van der Waals surface area contributed by atoms with E-state index in [1.165, 1.54) is 11.1 Å². The molecule has 132 valence electrons. The SMILES string of the molecule is CCc1ccccc1NCC(=O)N1CCC(Cc2ccccc2)CC1. The average Bonchev–Trinajstić information content (AvgIpc) is 2.67. The molecule has 1 aliphatic rings. The number of rotatable bonds is 6. The van der Waals surface area contributed by atoms with Crippen molar-refractivity contribution >= 4 is 11.6 Å². The van der Waals surface area contributed by atoms with Gasteiger partial charge in [0, 0.05) is 18.8 Å². The molecule has 25 heavy (non-hydrogen) atoms. The first kappa shape index (κ1) is 17.5. The molecule has 3 nitrogen and oxygen atoms in total. The van der Waals surface area contributed by atoms with Crippen molar-refractivity contribution in [2.24, 2.45) is 5.92 Å². The third kappa shape index (κ3) is 4.85. The standard InChI is InChI=1S/C22H28N2O/c1-2-20-10-6-7-11-21(20)23-17-22(25)24-14-12-19(13-15-24)16-18-8-4-3-5-9-18/h3-11,19,23H,2,12-17H2,1H3. The van der Waals surface area contributed by atoms with Crippen molar-refractivity contribution in [1.82, 2.24) is 4.90 Å². The molecule has 0 aromatic heterocycles. The Kier molecular flexibility index (Phi) is 6.10. The topological polar surface area (TPSA) is 32.3 Å². The maximum absolute atomic E-state index is 12.5. The maximum Gasteiger partial charge on any atom is 0.241 e. The summed E-state index contributed by atoms with van der Waals surface area (Å²) < 4.78 is 0. The lowest BCUT2D eigenvalue weighted by Gasteiger charge is -2.32. The number of benzene rings is 2. The molecular weight excluding hydrogens is 308 g/mol. The average molecular weight is 336 g/mol. The summed E-state index contributed by atoms with van der Waals surface area (Å²) in [4.78, 5) is 14.5. The summed E-state index contributed by atoms with van der Waals surface area (Å²) in [5.74, 6) is 0.907. The molecule has 2 aromatic rings. The second-order valence-corrected chi connectivity index (χ2v) is 6.88. The van der Waals surface area contributed by atoms with E-state index in [0.29, 0.717) is 12.5 Å². The van der Waals surface area contributed by atoms with Crippen LogP contribution < -0.4 is 5.32 Å². The summed E-state index contributed by atoms with van der Waals surface area (Å²) in [6.45, 7) is 4.29. The van der Waals surface area contributed by atoms with Crippen LogP contribution in [0.15, 0.2) is 54.6 Å². The van der Waals surface area contributed by atoms with Gasteiger partial charge in [-0.15, -0.1) is 0 Å². The van der Waals surface area contributed by atoms with Crippen LogP contribution in [-0.4, -0.2) is 30.4 Å². The predicted octanol–water partition coefficient (Wildman–Crippen LogP) is 4.14. The molecule has 0 spiro atoms. The van der Waals surface area contributed by atoms with E-state index in [0.717, 1.165) is 44.5 Å². The summed E-state index contributed by atoms with van der Waals surface area (Å²) >= 11 is 0. The summed E-state index contributed by atoms with van der Waals surface area (Å²) in [7, 11) is 0. The second kappa shape index (κ2) is 8.70. The molecule has 0 atom stereocenters. The number of piperidine rings is 1. The molecule has 0 saturated carbocycles. The minimum absolute atomic E-state index is 0.212. The quantitative estimate of drug-likeness (QED) is 0.860. The number of anilines is 1. The molecule has 1 aliphatic heterocycles. The Labute approximate surface area is 151 Å². The van der Waals surface area contributed by atoms with Gasteiger partial charge in [-0.3, -0.25) is 4.79 Å². The highest BCUT2D eigenvalue weighted by molar-refractivity contribution is 5.81. The molecule has 1 saturated heterocycles. The van der Waals surface area contributed by atoms with E-state index in [1.807, 2.05) is 17.0 Å². The van der Waals surface area contributed by atoms with E-state index in [-0.39, 0.29) is 5.91 Å². The van der Waals surface area contributed by atoms with Crippen molar-refractivity contribution in [3.8, 4) is 0 Å². The van der Waals surface area contributed by atoms with Crippen molar-refractivity contribution < 1.29 is 4.79 Å².